The van der Waals surface area contributed by atoms with Gasteiger partial charge in [-0.15, -0.1) is 0 Å². The van der Waals surface area contributed by atoms with Gasteiger partial charge in [0, 0.05) is 0 Å². The van der Waals surface area contributed by atoms with Crippen LogP contribution in [0.2, 0.25) is 0 Å². The van der Waals surface area contributed by atoms with E-state index < -0.39 is 0 Å². The summed E-state index contributed by atoms with van der Waals surface area (Å²) in [6.45, 7) is 0. The van der Waals surface area contributed by atoms with Crippen molar-refractivity contribution in [1.29, 1.82) is 0 Å². The van der Waals surface area contributed by atoms with E-state index in [0.29, 0.717) is 0 Å². The van der Waals surface area contributed by atoms with Gasteiger partial charge < -0.3 is 33.3 Å². The molecule has 6 nitrogen and oxygen atoms in total. The van der Waals surface area contributed by atoms with Crippen LogP contribution in [0.15, 0.2) is 0 Å². The summed E-state index contributed by atoms with van der Waals surface area (Å²) < 4.78 is 8.75. The Morgan fingerprint density at radius 2 is 0.750 bits per heavy atom. The fraction of sp³-hybridized carbons (Fsp3) is 0. The first kappa shape index (κ1) is 25.3. The second-order valence-electron chi connectivity index (χ2n) is 0. The molecule has 0 saturated heterocycles. The summed E-state index contributed by atoms with van der Waals surface area (Å²) in [4.78, 5) is 0. The van der Waals surface area contributed by atoms with Gasteiger partial charge in [0.15, 0.2) is 0 Å². The third kappa shape index (κ3) is 1300. The zero-order chi connectivity index (χ0) is 8.00. The molecule has 0 heterocycles. The maximum Gasteiger partial charge on any atom is -0.502 e. The van der Waals surface area contributed by atoms with Gasteiger partial charge >= 0.3 is 11.6 Å². The zero-order valence-electron chi connectivity index (χ0n) is 3.72. The molecule has 0 aromatic carbocycles. The SMILES string of the molecule is [C+3]F.[NH-]O.[NH-]O.[NH-]O. The second-order valence-corrected chi connectivity index (χ2v) is 0. The average molecular weight is 127 g/mol. The predicted molar refractivity (Wildman–Crippen MR) is 22.7 cm³/mol. The van der Waals surface area contributed by atoms with Crippen molar-refractivity contribution in [3.63, 3.8) is 0 Å². The van der Waals surface area contributed by atoms with Gasteiger partial charge in [-0.25, -0.2) is 0 Å². The van der Waals surface area contributed by atoms with Gasteiger partial charge in [0.2, 0.25) is 0 Å². The van der Waals surface area contributed by atoms with Crippen LogP contribution in [0.3, 0.4) is 0 Å². The minimum atomic E-state index is 4.25. The maximum absolute atomic E-state index is 8.75. The van der Waals surface area contributed by atoms with E-state index in [9.17, 15) is 0 Å². The van der Waals surface area contributed by atoms with Crippen molar-refractivity contribution in [3.8, 4) is 0 Å². The summed E-state index contributed by atoms with van der Waals surface area (Å²) in [6.07, 6.45) is 0. The molecule has 0 amide bonds. The molecular weight excluding hydrogens is 121 g/mol. The number of hydrogen-bond acceptors (Lipinski definition) is 3. The third-order valence-electron chi connectivity index (χ3n) is 0. The number of rotatable bonds is 0. The summed E-state index contributed by atoms with van der Waals surface area (Å²) in [5.74, 6) is 14.2. The van der Waals surface area contributed by atoms with Crippen LogP contribution in [-0.4, -0.2) is 15.6 Å². The van der Waals surface area contributed by atoms with E-state index in [1.165, 1.54) is 0 Å². The topological polar surface area (TPSA) is 132 Å². The summed E-state index contributed by atoms with van der Waals surface area (Å²) in [6, 6.07) is 0. The van der Waals surface area contributed by atoms with Crippen molar-refractivity contribution in [2.24, 2.45) is 0 Å². The summed E-state index contributed by atoms with van der Waals surface area (Å²) in [7, 11) is 4.25. The molecule has 8 heavy (non-hydrogen) atoms. The zero-order valence-corrected chi connectivity index (χ0v) is 3.72. The molecule has 0 unspecified atom stereocenters. The Balaban J connectivity index is -0.0000000133. The van der Waals surface area contributed by atoms with Gasteiger partial charge in [-0.2, -0.15) is 0 Å². The number of nitrogens with one attached hydrogen (secondary N) is 3. The quantitative estimate of drug-likeness (QED) is 0.428. The molecular formula is CH6FN3O3. The average Bonchev–Trinajstić information content (AvgIpc) is 2.03. The van der Waals surface area contributed by atoms with Crippen LogP contribution >= 0.6 is 0 Å². The molecule has 0 aliphatic carbocycles. The summed E-state index contributed by atoms with van der Waals surface area (Å²) in [5.41, 5.74) is 0. The molecule has 0 atom stereocenters. The largest absolute Gasteiger partial charge is 0.553 e. The molecule has 0 aliphatic heterocycles. The van der Waals surface area contributed by atoms with E-state index in [4.69, 9.17) is 37.7 Å². The Morgan fingerprint density at radius 3 is 0.750 bits per heavy atom. The van der Waals surface area contributed by atoms with E-state index in [-0.39, 0.29) is 0 Å². The van der Waals surface area contributed by atoms with E-state index >= 15 is 0 Å². The van der Waals surface area contributed by atoms with Crippen LogP contribution < -0.4 is 0 Å². The van der Waals surface area contributed by atoms with Crippen molar-refractivity contribution >= 4 is 0 Å². The molecule has 0 aliphatic rings. The minimum absolute atomic E-state index is 4.25. The van der Waals surface area contributed by atoms with Crippen molar-refractivity contribution in [3.05, 3.63) is 24.9 Å². The molecule has 0 fully saturated rings. The molecule has 0 saturated carbocycles. The standard InChI is InChI=1S/CF.3H2NO/c4*1-2/h;3*1-2H/q+3;3*-1. The smallest absolute Gasteiger partial charge is 0.502 e. The molecule has 0 rings (SSSR count). The van der Waals surface area contributed by atoms with Gasteiger partial charge in [0.05, 0.1) is 0 Å². The Labute approximate surface area is 46.2 Å². The Kier molecular flexibility index (Phi) is 7120. The Bertz CT molecular complexity index is 14.5. The number of hydrogen-bond donors (Lipinski definition) is 3. The normalized spacial score (nSPS) is 3.12. The van der Waals surface area contributed by atoms with Crippen LogP contribution in [-0.2, 0) is 0 Å². The van der Waals surface area contributed by atoms with Crippen LogP contribution in [0.4, 0.5) is 4.39 Å². The molecule has 0 spiro atoms. The monoisotopic (exact) mass is 127 g/mol. The predicted octanol–water partition coefficient (Wildman–Crippen LogP) is 1.78. The molecule has 6 N–H and O–H groups in total. The minimum Gasteiger partial charge on any atom is -0.553 e. The maximum atomic E-state index is 8.75. The van der Waals surface area contributed by atoms with Crippen molar-refractivity contribution in [2.75, 3.05) is 0 Å². The van der Waals surface area contributed by atoms with E-state index in [1.54, 1.807) is 0 Å². The van der Waals surface area contributed by atoms with Gasteiger partial charge in [-0.1, -0.05) is 0 Å². The molecule has 7 heteroatoms. The molecule has 0 bridgehead atoms. The number of halogens is 1. The van der Waals surface area contributed by atoms with Crippen molar-refractivity contribution in [1.82, 2.24) is 0 Å². The fourth-order valence-electron chi connectivity index (χ4n) is 0. The van der Waals surface area contributed by atoms with E-state index in [2.05, 4.69) is 7.18 Å². The first-order valence-corrected chi connectivity index (χ1v) is 0.860. The van der Waals surface area contributed by atoms with E-state index in [1.807, 2.05) is 0 Å². The van der Waals surface area contributed by atoms with Gasteiger partial charge in [0.25, 0.3) is 0 Å². The molecule has 0 aromatic heterocycles. The summed E-state index contributed by atoms with van der Waals surface area (Å²) in [5, 5.41) is 18.8. The van der Waals surface area contributed by atoms with Gasteiger partial charge in [-0.3, -0.25) is 0 Å². The van der Waals surface area contributed by atoms with Crippen LogP contribution in [0, 0.1) is 7.18 Å². The summed E-state index contributed by atoms with van der Waals surface area (Å²) >= 11 is 0. The Morgan fingerprint density at radius 1 is 0.750 bits per heavy atom. The van der Waals surface area contributed by atoms with Crippen molar-refractivity contribution in [2.45, 2.75) is 0 Å². The molecule has 50 valence electrons. The molecule has 0 radical (unpaired) electrons. The fourth-order valence-corrected chi connectivity index (χ4v) is 0. The first-order valence-electron chi connectivity index (χ1n) is 0.860. The van der Waals surface area contributed by atoms with Gasteiger partial charge in [0.1, 0.15) is 0 Å². The van der Waals surface area contributed by atoms with Gasteiger partial charge in [-0.05, 0) is 0 Å². The first-order chi connectivity index (χ1) is 4.00. The van der Waals surface area contributed by atoms with Crippen molar-refractivity contribution < 1.29 is 20.0 Å². The van der Waals surface area contributed by atoms with E-state index in [0.717, 1.165) is 0 Å². The third-order valence-corrected chi connectivity index (χ3v) is 0. The Hall–Kier alpha value is -0.310. The van der Waals surface area contributed by atoms with Crippen LogP contribution in [0.1, 0.15) is 0 Å². The van der Waals surface area contributed by atoms with Crippen LogP contribution in [0.25, 0.3) is 17.7 Å². The second kappa shape index (κ2) is 2250. The molecule has 0 aromatic rings. The van der Waals surface area contributed by atoms with Crippen LogP contribution in [0.5, 0.6) is 0 Å².